The van der Waals surface area contributed by atoms with Gasteiger partial charge in [0.2, 0.25) is 0 Å². The predicted octanol–water partition coefficient (Wildman–Crippen LogP) is 3.45. The second kappa shape index (κ2) is 5.41. The summed E-state index contributed by atoms with van der Waals surface area (Å²) in [5, 5.41) is 15.2. The van der Waals surface area contributed by atoms with Crippen molar-refractivity contribution >= 4 is 0 Å². The summed E-state index contributed by atoms with van der Waals surface area (Å²) in [5.74, 6) is 0.578. The van der Waals surface area contributed by atoms with Gasteiger partial charge in [0, 0.05) is 12.7 Å². The maximum atomic E-state index is 10.9. The highest BCUT2D eigenvalue weighted by Gasteiger charge is 2.37. The molecule has 3 rings (SSSR count). The van der Waals surface area contributed by atoms with Gasteiger partial charge in [-0.25, -0.2) is 0 Å². The minimum Gasteiger partial charge on any atom is -0.384 e. The SMILES string of the molecule is CCn1nccc1C1(O)CCC(c2ccccc2)CC1. The van der Waals surface area contributed by atoms with E-state index in [1.54, 1.807) is 6.20 Å². The van der Waals surface area contributed by atoms with E-state index in [1.807, 2.05) is 10.7 Å². The first-order valence-corrected chi connectivity index (χ1v) is 7.52. The fraction of sp³-hybridized carbons (Fsp3) is 0.471. The maximum Gasteiger partial charge on any atom is 0.106 e. The van der Waals surface area contributed by atoms with Crippen LogP contribution in [-0.2, 0) is 12.1 Å². The highest BCUT2D eigenvalue weighted by atomic mass is 16.3. The summed E-state index contributed by atoms with van der Waals surface area (Å²) >= 11 is 0. The minimum atomic E-state index is -0.697. The molecular weight excluding hydrogens is 248 g/mol. The standard InChI is InChI=1S/C17H22N2O/c1-2-19-16(10-13-18-19)17(20)11-8-15(9-12-17)14-6-4-3-5-7-14/h3-7,10,13,15,20H,2,8-9,11-12H2,1H3. The third-order valence-corrected chi connectivity index (χ3v) is 4.58. The molecule has 0 saturated heterocycles. The molecule has 0 radical (unpaired) electrons. The van der Waals surface area contributed by atoms with Crippen molar-refractivity contribution in [2.75, 3.05) is 0 Å². The predicted molar refractivity (Wildman–Crippen MR) is 79.4 cm³/mol. The summed E-state index contributed by atoms with van der Waals surface area (Å²) in [4.78, 5) is 0. The molecule has 106 valence electrons. The van der Waals surface area contributed by atoms with Crippen molar-refractivity contribution < 1.29 is 5.11 Å². The van der Waals surface area contributed by atoms with Crippen molar-refractivity contribution in [3.05, 3.63) is 53.9 Å². The second-order valence-corrected chi connectivity index (χ2v) is 5.75. The number of aliphatic hydroxyl groups is 1. The molecular formula is C17H22N2O. The van der Waals surface area contributed by atoms with Crippen molar-refractivity contribution in [2.45, 2.75) is 50.7 Å². The first-order valence-electron chi connectivity index (χ1n) is 7.52. The van der Waals surface area contributed by atoms with Gasteiger partial charge in [0.25, 0.3) is 0 Å². The molecule has 0 spiro atoms. The second-order valence-electron chi connectivity index (χ2n) is 5.75. The van der Waals surface area contributed by atoms with Crippen LogP contribution in [0.1, 0.15) is 49.8 Å². The first kappa shape index (κ1) is 13.4. The average Bonchev–Trinajstić information content (AvgIpc) is 2.98. The molecule has 2 aromatic rings. The van der Waals surface area contributed by atoms with Crippen LogP contribution >= 0.6 is 0 Å². The smallest absolute Gasteiger partial charge is 0.106 e. The van der Waals surface area contributed by atoms with Crippen LogP contribution in [0.4, 0.5) is 0 Å². The number of aryl methyl sites for hydroxylation is 1. The van der Waals surface area contributed by atoms with Gasteiger partial charge in [-0.2, -0.15) is 5.10 Å². The summed E-state index contributed by atoms with van der Waals surface area (Å²) in [6.07, 6.45) is 5.50. The highest BCUT2D eigenvalue weighted by Crippen LogP contribution is 2.43. The van der Waals surface area contributed by atoms with E-state index in [4.69, 9.17) is 0 Å². The normalized spacial score (nSPS) is 26.6. The quantitative estimate of drug-likeness (QED) is 0.927. The van der Waals surface area contributed by atoms with Crippen molar-refractivity contribution in [1.29, 1.82) is 0 Å². The maximum absolute atomic E-state index is 10.9. The number of benzene rings is 1. The summed E-state index contributed by atoms with van der Waals surface area (Å²) in [6.45, 7) is 2.88. The van der Waals surface area contributed by atoms with Crippen LogP contribution in [0.5, 0.6) is 0 Å². The molecule has 1 heterocycles. The number of hydrogen-bond donors (Lipinski definition) is 1. The molecule has 1 fully saturated rings. The zero-order valence-electron chi connectivity index (χ0n) is 12.0. The van der Waals surface area contributed by atoms with E-state index in [-0.39, 0.29) is 0 Å². The van der Waals surface area contributed by atoms with Crippen molar-refractivity contribution in [2.24, 2.45) is 0 Å². The van der Waals surface area contributed by atoms with E-state index in [2.05, 4.69) is 42.4 Å². The molecule has 0 amide bonds. The molecule has 1 aliphatic carbocycles. The third-order valence-electron chi connectivity index (χ3n) is 4.58. The molecule has 0 aliphatic heterocycles. The van der Waals surface area contributed by atoms with E-state index in [1.165, 1.54) is 5.56 Å². The first-order chi connectivity index (χ1) is 9.73. The van der Waals surface area contributed by atoms with Crippen LogP contribution in [0.15, 0.2) is 42.6 Å². The third kappa shape index (κ3) is 2.38. The van der Waals surface area contributed by atoms with Gasteiger partial charge in [0.05, 0.1) is 5.69 Å². The van der Waals surface area contributed by atoms with Gasteiger partial charge in [-0.05, 0) is 50.2 Å². The molecule has 0 unspecified atom stereocenters. The zero-order chi connectivity index (χ0) is 14.0. The van der Waals surface area contributed by atoms with E-state index in [0.717, 1.165) is 37.9 Å². The lowest BCUT2D eigenvalue weighted by molar-refractivity contribution is -0.0135. The van der Waals surface area contributed by atoms with Crippen LogP contribution in [-0.4, -0.2) is 14.9 Å². The van der Waals surface area contributed by atoms with Gasteiger partial charge in [0.15, 0.2) is 0 Å². The molecule has 0 bridgehead atoms. The van der Waals surface area contributed by atoms with E-state index in [0.29, 0.717) is 5.92 Å². The van der Waals surface area contributed by atoms with Crippen LogP contribution in [0, 0.1) is 0 Å². The molecule has 3 nitrogen and oxygen atoms in total. The van der Waals surface area contributed by atoms with E-state index < -0.39 is 5.60 Å². The summed E-state index contributed by atoms with van der Waals surface area (Å²) < 4.78 is 1.92. The van der Waals surface area contributed by atoms with Crippen LogP contribution in [0.25, 0.3) is 0 Å². The van der Waals surface area contributed by atoms with Crippen molar-refractivity contribution in [3.8, 4) is 0 Å². The van der Waals surface area contributed by atoms with Crippen LogP contribution in [0.3, 0.4) is 0 Å². The Hall–Kier alpha value is -1.61. The van der Waals surface area contributed by atoms with E-state index >= 15 is 0 Å². The minimum absolute atomic E-state index is 0.578. The Kier molecular flexibility index (Phi) is 3.62. The molecule has 20 heavy (non-hydrogen) atoms. The summed E-state index contributed by atoms with van der Waals surface area (Å²) in [7, 11) is 0. The molecule has 3 heteroatoms. The highest BCUT2D eigenvalue weighted by molar-refractivity contribution is 5.22. The summed E-state index contributed by atoms with van der Waals surface area (Å²) in [5.41, 5.74) is 1.68. The number of hydrogen-bond acceptors (Lipinski definition) is 2. The summed E-state index contributed by atoms with van der Waals surface area (Å²) in [6, 6.07) is 12.6. The number of aromatic nitrogens is 2. The fourth-order valence-electron chi connectivity index (χ4n) is 3.39. The lowest BCUT2D eigenvalue weighted by Crippen LogP contribution is -2.33. The lowest BCUT2D eigenvalue weighted by atomic mass is 9.74. The fourth-order valence-corrected chi connectivity index (χ4v) is 3.39. The van der Waals surface area contributed by atoms with Gasteiger partial charge < -0.3 is 5.11 Å². The van der Waals surface area contributed by atoms with Gasteiger partial charge in [0.1, 0.15) is 5.60 Å². The van der Waals surface area contributed by atoms with Crippen LogP contribution < -0.4 is 0 Å². The van der Waals surface area contributed by atoms with E-state index in [9.17, 15) is 5.11 Å². The Labute approximate surface area is 120 Å². The Morgan fingerprint density at radius 2 is 1.90 bits per heavy atom. The molecule has 0 atom stereocenters. The van der Waals surface area contributed by atoms with Gasteiger partial charge >= 0.3 is 0 Å². The number of nitrogens with zero attached hydrogens (tertiary/aromatic N) is 2. The zero-order valence-corrected chi connectivity index (χ0v) is 12.0. The molecule has 1 aromatic heterocycles. The molecule has 1 saturated carbocycles. The monoisotopic (exact) mass is 270 g/mol. The Bertz CT molecular complexity index is 553. The van der Waals surface area contributed by atoms with Gasteiger partial charge in [-0.15, -0.1) is 0 Å². The molecule has 1 aliphatic rings. The largest absolute Gasteiger partial charge is 0.384 e. The number of rotatable bonds is 3. The van der Waals surface area contributed by atoms with Crippen molar-refractivity contribution in [1.82, 2.24) is 9.78 Å². The topological polar surface area (TPSA) is 38.0 Å². The van der Waals surface area contributed by atoms with Gasteiger partial charge in [-0.3, -0.25) is 4.68 Å². The Morgan fingerprint density at radius 3 is 2.55 bits per heavy atom. The van der Waals surface area contributed by atoms with Crippen molar-refractivity contribution in [3.63, 3.8) is 0 Å². The molecule has 1 aromatic carbocycles. The van der Waals surface area contributed by atoms with Gasteiger partial charge in [-0.1, -0.05) is 30.3 Å². The van der Waals surface area contributed by atoms with Crippen LogP contribution in [0.2, 0.25) is 0 Å². The Morgan fingerprint density at radius 1 is 1.20 bits per heavy atom. The Balaban J connectivity index is 1.75. The molecule has 1 N–H and O–H groups in total. The lowest BCUT2D eigenvalue weighted by Gasteiger charge is -2.36. The average molecular weight is 270 g/mol.